The summed E-state index contributed by atoms with van der Waals surface area (Å²) in [5.74, 6) is -0.0221. The fourth-order valence-corrected chi connectivity index (χ4v) is 3.40. The lowest BCUT2D eigenvalue weighted by atomic mass is 10.0. The van der Waals surface area contributed by atoms with Gasteiger partial charge in [-0.25, -0.2) is 4.98 Å². The van der Waals surface area contributed by atoms with Gasteiger partial charge in [-0.2, -0.15) is 0 Å². The number of fused-ring (bicyclic) bond motifs is 1. The lowest BCUT2D eigenvalue weighted by Crippen LogP contribution is -2.31. The molecule has 0 radical (unpaired) electrons. The molecule has 1 aliphatic rings. The van der Waals surface area contributed by atoms with Gasteiger partial charge in [0, 0.05) is 29.3 Å². The number of amides is 1. The summed E-state index contributed by atoms with van der Waals surface area (Å²) in [5.41, 5.74) is 2.39. The summed E-state index contributed by atoms with van der Waals surface area (Å²) in [6.45, 7) is 0.752. The molecular formula is C19H16ClN3O. The van der Waals surface area contributed by atoms with E-state index in [0.29, 0.717) is 10.7 Å². The summed E-state index contributed by atoms with van der Waals surface area (Å²) >= 11 is 5.97. The van der Waals surface area contributed by atoms with Crippen molar-refractivity contribution in [2.24, 2.45) is 0 Å². The molecule has 120 valence electrons. The van der Waals surface area contributed by atoms with Crippen LogP contribution in [-0.4, -0.2) is 27.3 Å². The highest BCUT2D eigenvalue weighted by Gasteiger charge is 2.31. The molecule has 5 heteroatoms. The van der Waals surface area contributed by atoms with E-state index in [0.717, 1.165) is 35.9 Å². The maximum atomic E-state index is 13.0. The SMILES string of the molecule is O=C(c1ccc2cnccc2n1)N1CCC[C@H]1c1ccc(Cl)cc1. The highest BCUT2D eigenvalue weighted by molar-refractivity contribution is 6.30. The van der Waals surface area contributed by atoms with E-state index in [4.69, 9.17) is 11.6 Å². The molecule has 0 spiro atoms. The van der Waals surface area contributed by atoms with Gasteiger partial charge in [0.05, 0.1) is 11.6 Å². The first kappa shape index (κ1) is 15.1. The number of benzene rings is 1. The van der Waals surface area contributed by atoms with Crippen molar-refractivity contribution in [3.8, 4) is 0 Å². The van der Waals surface area contributed by atoms with E-state index >= 15 is 0 Å². The van der Waals surface area contributed by atoms with Gasteiger partial charge in [0.1, 0.15) is 5.69 Å². The second-order valence-corrected chi connectivity index (χ2v) is 6.41. The van der Waals surface area contributed by atoms with Crippen molar-refractivity contribution in [3.05, 3.63) is 71.1 Å². The van der Waals surface area contributed by atoms with E-state index in [9.17, 15) is 4.79 Å². The summed E-state index contributed by atoms with van der Waals surface area (Å²) in [4.78, 5) is 23.5. The third kappa shape index (κ3) is 2.74. The van der Waals surface area contributed by atoms with Crippen LogP contribution in [0.2, 0.25) is 5.02 Å². The first-order valence-electron chi connectivity index (χ1n) is 7.99. The minimum Gasteiger partial charge on any atom is -0.330 e. The summed E-state index contributed by atoms with van der Waals surface area (Å²) < 4.78 is 0. The molecule has 3 heterocycles. The number of hydrogen-bond donors (Lipinski definition) is 0. The Morgan fingerprint density at radius 1 is 1.12 bits per heavy atom. The molecule has 1 aliphatic heterocycles. The molecule has 0 bridgehead atoms. The molecule has 1 atom stereocenters. The Labute approximate surface area is 145 Å². The zero-order chi connectivity index (χ0) is 16.5. The number of nitrogens with zero attached hydrogens (tertiary/aromatic N) is 3. The topological polar surface area (TPSA) is 46.1 Å². The quantitative estimate of drug-likeness (QED) is 0.702. The van der Waals surface area contributed by atoms with Crippen LogP contribution in [0.1, 0.15) is 34.9 Å². The van der Waals surface area contributed by atoms with Crippen molar-refractivity contribution in [3.63, 3.8) is 0 Å². The smallest absolute Gasteiger partial charge is 0.272 e. The molecule has 24 heavy (non-hydrogen) atoms. The van der Waals surface area contributed by atoms with E-state index in [1.54, 1.807) is 18.5 Å². The zero-order valence-electron chi connectivity index (χ0n) is 13.0. The largest absolute Gasteiger partial charge is 0.330 e. The van der Waals surface area contributed by atoms with Crippen LogP contribution in [0.5, 0.6) is 0 Å². The first-order valence-corrected chi connectivity index (χ1v) is 8.37. The molecule has 3 aromatic rings. The van der Waals surface area contributed by atoms with E-state index in [-0.39, 0.29) is 11.9 Å². The molecule has 1 aromatic carbocycles. The normalized spacial score (nSPS) is 17.4. The van der Waals surface area contributed by atoms with Crippen molar-refractivity contribution in [2.75, 3.05) is 6.54 Å². The zero-order valence-corrected chi connectivity index (χ0v) is 13.8. The van der Waals surface area contributed by atoms with Crippen molar-refractivity contribution in [1.29, 1.82) is 0 Å². The van der Waals surface area contributed by atoms with Crippen molar-refractivity contribution in [2.45, 2.75) is 18.9 Å². The molecule has 0 N–H and O–H groups in total. The van der Waals surface area contributed by atoms with Crippen molar-refractivity contribution >= 4 is 28.4 Å². The van der Waals surface area contributed by atoms with Crippen LogP contribution in [0.4, 0.5) is 0 Å². The van der Waals surface area contributed by atoms with Crippen LogP contribution >= 0.6 is 11.6 Å². The van der Waals surface area contributed by atoms with E-state index in [1.165, 1.54) is 0 Å². The molecule has 2 aromatic heterocycles. The standard InChI is InChI=1S/C19H16ClN3O/c20-15-6-3-13(4-7-15)18-2-1-11-23(18)19(24)17-8-5-14-12-21-10-9-16(14)22-17/h3-10,12,18H,1-2,11H2/t18-/m0/s1. The minimum absolute atomic E-state index is 0.0221. The summed E-state index contributed by atoms with van der Waals surface area (Å²) in [5, 5.41) is 1.64. The number of carbonyl (C=O) groups is 1. The number of hydrogen-bond acceptors (Lipinski definition) is 3. The third-order valence-electron chi connectivity index (χ3n) is 4.48. The number of rotatable bonds is 2. The Morgan fingerprint density at radius 2 is 1.96 bits per heavy atom. The van der Waals surface area contributed by atoms with Crippen LogP contribution in [0.25, 0.3) is 10.9 Å². The van der Waals surface area contributed by atoms with Gasteiger partial charge < -0.3 is 4.90 Å². The van der Waals surface area contributed by atoms with Crippen LogP contribution in [0.3, 0.4) is 0 Å². The second-order valence-electron chi connectivity index (χ2n) is 5.97. The van der Waals surface area contributed by atoms with Crippen LogP contribution < -0.4 is 0 Å². The Bertz CT molecular complexity index is 895. The van der Waals surface area contributed by atoms with Gasteiger partial charge in [0.25, 0.3) is 5.91 Å². The summed E-state index contributed by atoms with van der Waals surface area (Å²) in [7, 11) is 0. The molecule has 0 saturated carbocycles. The molecule has 4 nitrogen and oxygen atoms in total. The Hall–Kier alpha value is -2.46. The van der Waals surface area contributed by atoms with Gasteiger partial charge >= 0.3 is 0 Å². The average Bonchev–Trinajstić information content (AvgIpc) is 3.11. The average molecular weight is 338 g/mol. The fraction of sp³-hybridized carbons (Fsp3) is 0.211. The fourth-order valence-electron chi connectivity index (χ4n) is 3.27. The number of pyridine rings is 2. The van der Waals surface area contributed by atoms with Gasteiger partial charge in [-0.1, -0.05) is 23.7 Å². The Balaban J connectivity index is 1.65. The predicted molar refractivity (Wildman–Crippen MR) is 94.0 cm³/mol. The number of carbonyl (C=O) groups excluding carboxylic acids is 1. The lowest BCUT2D eigenvalue weighted by Gasteiger charge is -2.25. The Kier molecular flexibility index (Phi) is 3.90. The predicted octanol–water partition coefficient (Wildman–Crippen LogP) is 4.26. The monoisotopic (exact) mass is 337 g/mol. The lowest BCUT2D eigenvalue weighted by molar-refractivity contribution is 0.0730. The van der Waals surface area contributed by atoms with Crippen LogP contribution in [-0.2, 0) is 0 Å². The van der Waals surface area contributed by atoms with E-state index in [1.807, 2.05) is 41.3 Å². The van der Waals surface area contributed by atoms with Crippen molar-refractivity contribution in [1.82, 2.24) is 14.9 Å². The third-order valence-corrected chi connectivity index (χ3v) is 4.73. The second kappa shape index (κ2) is 6.21. The Morgan fingerprint density at radius 3 is 2.79 bits per heavy atom. The van der Waals surface area contributed by atoms with Gasteiger partial charge in [-0.3, -0.25) is 9.78 Å². The number of halogens is 1. The van der Waals surface area contributed by atoms with E-state index < -0.39 is 0 Å². The molecule has 4 rings (SSSR count). The summed E-state index contributed by atoms with van der Waals surface area (Å²) in [6, 6.07) is 13.3. The highest BCUT2D eigenvalue weighted by Crippen LogP contribution is 2.33. The molecule has 1 fully saturated rings. The van der Waals surface area contributed by atoms with Gasteiger partial charge in [0.15, 0.2) is 0 Å². The highest BCUT2D eigenvalue weighted by atomic mass is 35.5. The minimum atomic E-state index is -0.0221. The van der Waals surface area contributed by atoms with Gasteiger partial charge in [0.2, 0.25) is 0 Å². The summed E-state index contributed by atoms with van der Waals surface area (Å²) in [6.07, 6.45) is 5.40. The van der Waals surface area contributed by atoms with Gasteiger partial charge in [-0.05, 0) is 48.7 Å². The van der Waals surface area contributed by atoms with Crippen LogP contribution in [0, 0.1) is 0 Å². The first-order chi connectivity index (χ1) is 11.7. The molecule has 1 saturated heterocycles. The van der Waals surface area contributed by atoms with E-state index in [2.05, 4.69) is 9.97 Å². The van der Waals surface area contributed by atoms with Gasteiger partial charge in [-0.15, -0.1) is 0 Å². The molecule has 1 amide bonds. The van der Waals surface area contributed by atoms with Crippen LogP contribution in [0.15, 0.2) is 54.9 Å². The molecule has 0 unspecified atom stereocenters. The number of likely N-dealkylation sites (tertiary alicyclic amines) is 1. The van der Waals surface area contributed by atoms with Crippen molar-refractivity contribution < 1.29 is 4.79 Å². The maximum absolute atomic E-state index is 13.0. The number of aromatic nitrogens is 2. The maximum Gasteiger partial charge on any atom is 0.272 e. The molecular weight excluding hydrogens is 322 g/mol. The molecule has 0 aliphatic carbocycles.